The van der Waals surface area contributed by atoms with Crippen LogP contribution in [0, 0.1) is 25.4 Å². The Labute approximate surface area is 77.5 Å². The third-order valence-corrected chi connectivity index (χ3v) is 1.75. The third-order valence-electron chi connectivity index (χ3n) is 1.75. The smallest absolute Gasteiger partial charge is 0.292 e. The van der Waals surface area contributed by atoms with Crippen LogP contribution in [-0.4, -0.2) is 7.11 Å². The van der Waals surface area contributed by atoms with Gasteiger partial charge in [-0.05, 0) is 31.0 Å². The van der Waals surface area contributed by atoms with Crippen molar-refractivity contribution in [3.8, 4) is 17.8 Å². The molecule has 0 saturated heterocycles. The minimum Gasteiger partial charge on any atom is -0.493 e. The van der Waals surface area contributed by atoms with Crippen LogP contribution >= 0.6 is 0 Å². The first kappa shape index (κ1) is 9.40. The topological polar surface area (TPSA) is 42.2 Å². The van der Waals surface area contributed by atoms with Gasteiger partial charge in [0.15, 0.2) is 11.5 Å². The van der Waals surface area contributed by atoms with Crippen LogP contribution in [0.25, 0.3) is 0 Å². The molecular weight excluding hydrogens is 166 g/mol. The maximum Gasteiger partial charge on any atom is 0.292 e. The van der Waals surface area contributed by atoms with Gasteiger partial charge in [-0.15, -0.1) is 5.26 Å². The van der Waals surface area contributed by atoms with Crippen LogP contribution < -0.4 is 9.47 Å². The van der Waals surface area contributed by atoms with Gasteiger partial charge in [0.05, 0.1) is 7.11 Å². The highest BCUT2D eigenvalue weighted by molar-refractivity contribution is 5.49. The molecule has 0 fully saturated rings. The molecule has 1 aromatic carbocycles. The summed E-state index contributed by atoms with van der Waals surface area (Å²) in [4.78, 5) is 0. The number of rotatable bonds is 2. The van der Waals surface area contributed by atoms with Crippen LogP contribution in [0.5, 0.6) is 11.5 Å². The first-order valence-corrected chi connectivity index (χ1v) is 3.90. The highest BCUT2D eigenvalue weighted by Gasteiger charge is 2.08. The Bertz CT molecular complexity index is 353. The summed E-state index contributed by atoms with van der Waals surface area (Å²) < 4.78 is 9.88. The number of hydrogen-bond acceptors (Lipinski definition) is 3. The van der Waals surface area contributed by atoms with Gasteiger partial charge in [0.1, 0.15) is 0 Å². The van der Waals surface area contributed by atoms with E-state index in [1.165, 1.54) is 0 Å². The number of nitriles is 1. The summed E-state index contributed by atoms with van der Waals surface area (Å²) >= 11 is 0. The first-order chi connectivity index (χ1) is 6.19. The third kappa shape index (κ3) is 1.91. The average Bonchev–Trinajstić information content (AvgIpc) is 2.09. The van der Waals surface area contributed by atoms with Crippen LogP contribution in [0.3, 0.4) is 0 Å². The monoisotopic (exact) mass is 177 g/mol. The van der Waals surface area contributed by atoms with Gasteiger partial charge < -0.3 is 9.47 Å². The van der Waals surface area contributed by atoms with Crippen LogP contribution in [0.2, 0.25) is 0 Å². The molecule has 0 aliphatic carbocycles. The van der Waals surface area contributed by atoms with Gasteiger partial charge in [0.25, 0.3) is 6.26 Å². The van der Waals surface area contributed by atoms with E-state index >= 15 is 0 Å². The Balaban J connectivity index is 3.23. The predicted molar refractivity (Wildman–Crippen MR) is 48.7 cm³/mol. The summed E-state index contributed by atoms with van der Waals surface area (Å²) in [7, 11) is 1.55. The van der Waals surface area contributed by atoms with Crippen molar-refractivity contribution in [1.82, 2.24) is 0 Å². The van der Waals surface area contributed by atoms with Crippen molar-refractivity contribution < 1.29 is 9.47 Å². The molecule has 0 aliphatic rings. The molecular formula is C10H11NO2. The molecule has 0 aromatic heterocycles. The van der Waals surface area contributed by atoms with Gasteiger partial charge in [-0.3, -0.25) is 0 Å². The zero-order valence-electron chi connectivity index (χ0n) is 7.92. The van der Waals surface area contributed by atoms with E-state index in [1.54, 1.807) is 13.4 Å². The fourth-order valence-electron chi connectivity index (χ4n) is 1.24. The molecule has 0 unspecified atom stereocenters. The highest BCUT2D eigenvalue weighted by atomic mass is 16.5. The second-order valence-corrected chi connectivity index (χ2v) is 2.81. The van der Waals surface area contributed by atoms with E-state index in [9.17, 15) is 0 Å². The van der Waals surface area contributed by atoms with Crippen LogP contribution in [-0.2, 0) is 0 Å². The lowest BCUT2D eigenvalue weighted by Crippen LogP contribution is -1.93. The maximum absolute atomic E-state index is 8.41. The van der Waals surface area contributed by atoms with Gasteiger partial charge in [-0.25, -0.2) is 0 Å². The molecule has 0 spiro atoms. The van der Waals surface area contributed by atoms with Crippen molar-refractivity contribution >= 4 is 0 Å². The van der Waals surface area contributed by atoms with Crippen LogP contribution in [0.15, 0.2) is 12.1 Å². The molecule has 0 amide bonds. The van der Waals surface area contributed by atoms with E-state index in [2.05, 4.69) is 0 Å². The van der Waals surface area contributed by atoms with Crippen molar-refractivity contribution in [3.05, 3.63) is 23.3 Å². The summed E-state index contributed by atoms with van der Waals surface area (Å²) in [5.74, 6) is 1.09. The zero-order valence-corrected chi connectivity index (χ0v) is 7.92. The summed E-state index contributed by atoms with van der Waals surface area (Å²) in [6.07, 6.45) is 1.64. The number of hydrogen-bond donors (Lipinski definition) is 0. The number of aryl methyl sites for hydroxylation is 2. The van der Waals surface area contributed by atoms with E-state index in [4.69, 9.17) is 14.7 Å². The Morgan fingerprint density at radius 2 is 2.00 bits per heavy atom. The maximum atomic E-state index is 8.41. The first-order valence-electron chi connectivity index (χ1n) is 3.90. The van der Waals surface area contributed by atoms with Crippen molar-refractivity contribution in [3.63, 3.8) is 0 Å². The summed E-state index contributed by atoms with van der Waals surface area (Å²) in [6, 6.07) is 3.77. The molecule has 0 heterocycles. The fraction of sp³-hybridized carbons (Fsp3) is 0.300. The lowest BCUT2D eigenvalue weighted by molar-refractivity contribution is 0.382. The largest absolute Gasteiger partial charge is 0.493 e. The quantitative estimate of drug-likeness (QED) is 0.650. The van der Waals surface area contributed by atoms with Crippen LogP contribution in [0.4, 0.5) is 0 Å². The SMILES string of the molecule is COc1cc(C)cc(C)c1OC#N. The van der Waals surface area contributed by atoms with Gasteiger partial charge in [0.2, 0.25) is 0 Å². The molecule has 1 rings (SSSR count). The molecule has 3 nitrogen and oxygen atoms in total. The molecule has 3 heteroatoms. The minimum absolute atomic E-state index is 0.496. The number of methoxy groups -OCH3 is 1. The summed E-state index contributed by atoms with van der Waals surface area (Å²) in [5.41, 5.74) is 1.98. The highest BCUT2D eigenvalue weighted by Crippen LogP contribution is 2.31. The molecule has 68 valence electrons. The van der Waals surface area contributed by atoms with Gasteiger partial charge in [-0.1, -0.05) is 6.07 Å². The summed E-state index contributed by atoms with van der Waals surface area (Å²) in [5, 5.41) is 8.41. The molecule has 0 aliphatic heterocycles. The van der Waals surface area contributed by atoms with E-state index < -0.39 is 0 Å². The standard InChI is InChI=1S/C10H11NO2/c1-7-4-8(2)10(13-6-11)9(5-7)12-3/h4-5H,1-3H3. The number of nitrogens with zero attached hydrogens (tertiary/aromatic N) is 1. The predicted octanol–water partition coefficient (Wildman–Crippen LogP) is 2.17. The average molecular weight is 177 g/mol. The van der Waals surface area contributed by atoms with Crippen molar-refractivity contribution in [2.45, 2.75) is 13.8 Å². The zero-order chi connectivity index (χ0) is 9.84. The van der Waals surface area contributed by atoms with E-state index in [-0.39, 0.29) is 0 Å². The van der Waals surface area contributed by atoms with Gasteiger partial charge in [0, 0.05) is 0 Å². The lowest BCUT2D eigenvalue weighted by Gasteiger charge is -2.08. The number of ether oxygens (including phenoxy) is 2. The fourth-order valence-corrected chi connectivity index (χ4v) is 1.24. The second-order valence-electron chi connectivity index (χ2n) is 2.81. The Morgan fingerprint density at radius 3 is 2.54 bits per heavy atom. The molecule has 0 radical (unpaired) electrons. The normalized spacial score (nSPS) is 9.08. The van der Waals surface area contributed by atoms with Gasteiger partial charge >= 0.3 is 0 Å². The van der Waals surface area contributed by atoms with Crippen LogP contribution in [0.1, 0.15) is 11.1 Å². The van der Waals surface area contributed by atoms with Crippen molar-refractivity contribution in [2.75, 3.05) is 7.11 Å². The molecule has 1 aromatic rings. The minimum atomic E-state index is 0.496. The molecule has 0 N–H and O–H groups in total. The Kier molecular flexibility index (Phi) is 2.76. The van der Waals surface area contributed by atoms with E-state index in [0.717, 1.165) is 11.1 Å². The lowest BCUT2D eigenvalue weighted by atomic mass is 10.1. The molecule has 0 bridgehead atoms. The Morgan fingerprint density at radius 1 is 1.31 bits per heavy atom. The second kappa shape index (κ2) is 3.81. The summed E-state index contributed by atoms with van der Waals surface area (Å²) in [6.45, 7) is 3.84. The van der Waals surface area contributed by atoms with Crippen molar-refractivity contribution in [1.29, 1.82) is 5.26 Å². The molecule has 13 heavy (non-hydrogen) atoms. The van der Waals surface area contributed by atoms with E-state index in [1.807, 2.05) is 26.0 Å². The Hall–Kier alpha value is -1.69. The molecule has 0 saturated carbocycles. The van der Waals surface area contributed by atoms with E-state index in [0.29, 0.717) is 11.5 Å². The van der Waals surface area contributed by atoms with Crippen molar-refractivity contribution in [2.24, 2.45) is 0 Å². The number of benzene rings is 1. The molecule has 0 atom stereocenters. The van der Waals surface area contributed by atoms with Gasteiger partial charge in [-0.2, -0.15) is 0 Å².